The van der Waals surface area contributed by atoms with E-state index in [1.165, 1.54) is 16.9 Å². The molecule has 0 saturated carbocycles. The van der Waals surface area contributed by atoms with Crippen LogP contribution in [-0.4, -0.2) is 13.2 Å². The van der Waals surface area contributed by atoms with Gasteiger partial charge in [0.05, 0.1) is 0 Å². The minimum Gasteiger partial charge on any atom is -0.312 e. The first-order chi connectivity index (χ1) is 7.99. The van der Waals surface area contributed by atoms with E-state index in [2.05, 4.69) is 11.4 Å². The number of rotatable bonds is 4. The fourth-order valence-corrected chi connectivity index (χ4v) is 3.66. The maximum atomic E-state index is 12.2. The van der Waals surface area contributed by atoms with Gasteiger partial charge in [-0.2, -0.15) is 13.2 Å². The van der Waals surface area contributed by atoms with Crippen LogP contribution in [0.25, 0.3) is 0 Å². The molecule has 1 N–H and O–H groups in total. The topological polar surface area (TPSA) is 12.0 Å². The van der Waals surface area contributed by atoms with Gasteiger partial charge in [-0.25, -0.2) is 0 Å². The van der Waals surface area contributed by atoms with Gasteiger partial charge in [-0.15, -0.1) is 11.3 Å². The van der Waals surface area contributed by atoms with Gasteiger partial charge in [0.25, 0.3) is 0 Å². The third-order valence-electron chi connectivity index (χ3n) is 3.17. The maximum absolute atomic E-state index is 12.2. The molecule has 1 unspecified atom stereocenters. The van der Waals surface area contributed by atoms with Gasteiger partial charge in [0, 0.05) is 22.2 Å². The molecule has 0 spiro atoms. The molecule has 0 radical (unpaired) electrons. The molecule has 5 heteroatoms. The molecule has 1 heterocycles. The highest BCUT2D eigenvalue weighted by Crippen LogP contribution is 2.36. The zero-order chi connectivity index (χ0) is 12.5. The van der Waals surface area contributed by atoms with E-state index in [1.54, 1.807) is 18.4 Å². The fourth-order valence-electron chi connectivity index (χ4n) is 2.26. The highest BCUT2D eigenvalue weighted by Gasteiger charge is 2.29. The van der Waals surface area contributed by atoms with Crippen molar-refractivity contribution in [3.63, 3.8) is 0 Å². The zero-order valence-electron chi connectivity index (χ0n) is 9.73. The Morgan fingerprint density at radius 1 is 1.41 bits per heavy atom. The van der Waals surface area contributed by atoms with Gasteiger partial charge in [-0.05, 0) is 44.4 Å². The molecule has 1 aliphatic rings. The van der Waals surface area contributed by atoms with Crippen LogP contribution < -0.4 is 5.32 Å². The first-order valence-corrected chi connectivity index (χ1v) is 6.67. The Kier molecular flexibility index (Phi) is 3.78. The van der Waals surface area contributed by atoms with Crippen molar-refractivity contribution in [3.8, 4) is 0 Å². The van der Waals surface area contributed by atoms with E-state index < -0.39 is 12.6 Å². The third kappa shape index (κ3) is 3.22. The maximum Gasteiger partial charge on any atom is 0.389 e. The summed E-state index contributed by atoms with van der Waals surface area (Å²) in [5.41, 5.74) is 1.34. The summed E-state index contributed by atoms with van der Waals surface area (Å²) < 4.78 is 36.6. The SMILES string of the molecule is CNC(CCC(F)(F)F)c1cc2c(s1)CCC2. The molecule has 17 heavy (non-hydrogen) atoms. The summed E-state index contributed by atoms with van der Waals surface area (Å²) in [4.78, 5) is 2.42. The second kappa shape index (κ2) is 4.98. The Labute approximate surface area is 103 Å². The van der Waals surface area contributed by atoms with E-state index >= 15 is 0 Å². The number of alkyl halides is 3. The standard InChI is InChI=1S/C12H16F3NS/c1-16-9(5-6-12(13,14)15)11-7-8-3-2-4-10(8)17-11/h7,9,16H,2-6H2,1H3. The van der Waals surface area contributed by atoms with Crippen molar-refractivity contribution in [3.05, 3.63) is 21.4 Å². The summed E-state index contributed by atoms with van der Waals surface area (Å²) in [6.07, 6.45) is -1.29. The van der Waals surface area contributed by atoms with E-state index in [-0.39, 0.29) is 12.5 Å². The summed E-state index contributed by atoms with van der Waals surface area (Å²) in [5.74, 6) is 0. The van der Waals surface area contributed by atoms with Gasteiger partial charge >= 0.3 is 6.18 Å². The van der Waals surface area contributed by atoms with Crippen molar-refractivity contribution < 1.29 is 13.2 Å². The number of fused-ring (bicyclic) bond motifs is 1. The second-order valence-corrected chi connectivity index (χ2v) is 5.61. The molecule has 1 aliphatic carbocycles. The Morgan fingerprint density at radius 2 is 2.18 bits per heavy atom. The smallest absolute Gasteiger partial charge is 0.312 e. The summed E-state index contributed by atoms with van der Waals surface area (Å²) in [5, 5.41) is 2.99. The first kappa shape index (κ1) is 12.9. The molecule has 2 rings (SSSR count). The van der Waals surface area contributed by atoms with Gasteiger partial charge in [0.2, 0.25) is 0 Å². The number of hydrogen-bond acceptors (Lipinski definition) is 2. The molecule has 1 atom stereocenters. The average molecular weight is 263 g/mol. The lowest BCUT2D eigenvalue weighted by molar-refractivity contribution is -0.136. The highest BCUT2D eigenvalue weighted by atomic mass is 32.1. The molecule has 0 aliphatic heterocycles. The third-order valence-corrected chi connectivity index (χ3v) is 4.52. The number of nitrogens with one attached hydrogen (secondary N) is 1. The van der Waals surface area contributed by atoms with Gasteiger partial charge in [-0.1, -0.05) is 0 Å². The summed E-state index contributed by atoms with van der Waals surface area (Å²) >= 11 is 1.68. The molecule has 0 aromatic carbocycles. The minimum atomic E-state index is -4.06. The van der Waals surface area contributed by atoms with Crippen molar-refractivity contribution in [2.45, 2.75) is 44.3 Å². The number of halogens is 3. The van der Waals surface area contributed by atoms with Crippen molar-refractivity contribution in [2.24, 2.45) is 0 Å². The summed E-state index contributed by atoms with van der Waals surface area (Å²) in [6.45, 7) is 0. The van der Waals surface area contributed by atoms with Crippen molar-refractivity contribution >= 4 is 11.3 Å². The molecule has 1 nitrogen and oxygen atoms in total. The van der Waals surface area contributed by atoms with Crippen LogP contribution in [0, 0.1) is 0 Å². The lowest BCUT2D eigenvalue weighted by Gasteiger charge is -2.15. The fraction of sp³-hybridized carbons (Fsp3) is 0.667. The normalized spacial score (nSPS) is 17.2. The van der Waals surface area contributed by atoms with Crippen molar-refractivity contribution in [1.29, 1.82) is 0 Å². The van der Waals surface area contributed by atoms with E-state index in [0.717, 1.165) is 17.7 Å². The Hall–Kier alpha value is -0.550. The molecule has 96 valence electrons. The van der Waals surface area contributed by atoms with E-state index in [9.17, 15) is 13.2 Å². The summed E-state index contributed by atoms with van der Waals surface area (Å²) in [7, 11) is 1.73. The van der Waals surface area contributed by atoms with Gasteiger partial charge in [-0.3, -0.25) is 0 Å². The van der Waals surface area contributed by atoms with Crippen LogP contribution in [0.4, 0.5) is 13.2 Å². The van der Waals surface area contributed by atoms with E-state index in [4.69, 9.17) is 0 Å². The Balaban J connectivity index is 2.02. The molecule has 0 fully saturated rings. The van der Waals surface area contributed by atoms with E-state index in [0.29, 0.717) is 0 Å². The molecule has 1 aromatic rings. The molecule has 0 bridgehead atoms. The summed E-state index contributed by atoms with van der Waals surface area (Å²) in [6, 6.07) is 1.93. The number of hydrogen-bond donors (Lipinski definition) is 1. The Morgan fingerprint density at radius 3 is 2.76 bits per heavy atom. The van der Waals surface area contributed by atoms with E-state index in [1.807, 2.05) is 0 Å². The van der Waals surface area contributed by atoms with Gasteiger partial charge in [0.1, 0.15) is 0 Å². The lowest BCUT2D eigenvalue weighted by atomic mass is 10.1. The predicted octanol–water partition coefficient (Wildman–Crippen LogP) is 3.84. The number of aryl methyl sites for hydroxylation is 2. The zero-order valence-corrected chi connectivity index (χ0v) is 10.5. The van der Waals surface area contributed by atoms with Crippen LogP contribution >= 0.6 is 11.3 Å². The van der Waals surface area contributed by atoms with Crippen molar-refractivity contribution in [1.82, 2.24) is 5.32 Å². The minimum absolute atomic E-state index is 0.124. The molecule has 0 saturated heterocycles. The molecule has 1 aromatic heterocycles. The largest absolute Gasteiger partial charge is 0.389 e. The highest BCUT2D eigenvalue weighted by molar-refractivity contribution is 7.12. The van der Waals surface area contributed by atoms with Gasteiger partial charge in [0.15, 0.2) is 0 Å². The molecular formula is C12H16F3NS. The van der Waals surface area contributed by atoms with Crippen LogP contribution in [0.5, 0.6) is 0 Å². The first-order valence-electron chi connectivity index (χ1n) is 5.85. The quantitative estimate of drug-likeness (QED) is 0.870. The van der Waals surface area contributed by atoms with Crippen LogP contribution in [0.15, 0.2) is 6.07 Å². The van der Waals surface area contributed by atoms with Crippen LogP contribution in [0.1, 0.15) is 40.6 Å². The van der Waals surface area contributed by atoms with Crippen LogP contribution in [0.3, 0.4) is 0 Å². The van der Waals surface area contributed by atoms with Gasteiger partial charge < -0.3 is 5.32 Å². The number of thiophene rings is 1. The van der Waals surface area contributed by atoms with Crippen LogP contribution in [-0.2, 0) is 12.8 Å². The average Bonchev–Trinajstić information content (AvgIpc) is 2.76. The van der Waals surface area contributed by atoms with Crippen LogP contribution in [0.2, 0.25) is 0 Å². The lowest BCUT2D eigenvalue weighted by Crippen LogP contribution is -2.18. The Bertz CT molecular complexity index is 362. The second-order valence-electron chi connectivity index (χ2n) is 4.45. The molecule has 0 amide bonds. The predicted molar refractivity (Wildman–Crippen MR) is 63.4 cm³/mol. The monoisotopic (exact) mass is 263 g/mol. The molecular weight excluding hydrogens is 247 g/mol. The van der Waals surface area contributed by atoms with Crippen molar-refractivity contribution in [2.75, 3.05) is 7.05 Å².